The third-order valence-electron chi connectivity index (χ3n) is 2.49. The van der Waals surface area contributed by atoms with Gasteiger partial charge in [0.2, 0.25) is 0 Å². The number of aromatic nitrogens is 1. The summed E-state index contributed by atoms with van der Waals surface area (Å²) in [6.45, 7) is 1.30. The van der Waals surface area contributed by atoms with Gasteiger partial charge in [-0.2, -0.15) is 0 Å². The van der Waals surface area contributed by atoms with Crippen molar-refractivity contribution in [2.45, 2.75) is 12.5 Å². The molecule has 6 heteroatoms. The second kappa shape index (κ2) is 4.36. The van der Waals surface area contributed by atoms with E-state index in [2.05, 4.69) is 10.3 Å². The van der Waals surface area contributed by atoms with Gasteiger partial charge in [0.05, 0.1) is 23.9 Å². The van der Waals surface area contributed by atoms with Crippen LogP contribution in [0.15, 0.2) is 12.3 Å². The van der Waals surface area contributed by atoms with E-state index in [9.17, 15) is 4.79 Å². The summed E-state index contributed by atoms with van der Waals surface area (Å²) in [7, 11) is 0. The average Bonchev–Trinajstić information content (AvgIpc) is 2.73. The summed E-state index contributed by atoms with van der Waals surface area (Å²) in [5, 5.41) is 12.0. The van der Waals surface area contributed by atoms with Crippen LogP contribution in [-0.2, 0) is 4.74 Å². The first-order valence-corrected chi connectivity index (χ1v) is 5.00. The first-order chi connectivity index (χ1) is 7.68. The van der Waals surface area contributed by atoms with E-state index in [1.165, 1.54) is 12.3 Å². The lowest BCUT2D eigenvalue weighted by Gasteiger charge is -2.13. The van der Waals surface area contributed by atoms with E-state index in [4.69, 9.17) is 15.6 Å². The zero-order valence-electron chi connectivity index (χ0n) is 8.64. The summed E-state index contributed by atoms with van der Waals surface area (Å²) >= 11 is 0. The molecule has 1 fully saturated rings. The summed E-state index contributed by atoms with van der Waals surface area (Å²) in [6.07, 6.45) is 2.30. The fourth-order valence-corrected chi connectivity index (χ4v) is 1.62. The smallest absolute Gasteiger partial charge is 0.337 e. The number of nitrogens with zero attached hydrogens (tertiary/aromatic N) is 1. The predicted molar refractivity (Wildman–Crippen MR) is 58.5 cm³/mol. The summed E-state index contributed by atoms with van der Waals surface area (Å²) in [6, 6.07) is 1.53. The first-order valence-electron chi connectivity index (χ1n) is 5.00. The van der Waals surface area contributed by atoms with E-state index in [1.54, 1.807) is 0 Å². The molecule has 2 rings (SSSR count). The van der Waals surface area contributed by atoms with Gasteiger partial charge in [-0.3, -0.25) is 0 Å². The van der Waals surface area contributed by atoms with Gasteiger partial charge in [-0.25, -0.2) is 9.78 Å². The minimum absolute atomic E-state index is 0.0661. The molecular weight excluding hydrogens is 210 g/mol. The van der Waals surface area contributed by atoms with E-state index in [0.29, 0.717) is 19.0 Å². The van der Waals surface area contributed by atoms with E-state index in [0.717, 1.165) is 6.42 Å². The molecule has 1 aromatic rings. The van der Waals surface area contributed by atoms with Gasteiger partial charge >= 0.3 is 5.97 Å². The highest BCUT2D eigenvalue weighted by Gasteiger charge is 2.18. The largest absolute Gasteiger partial charge is 0.478 e. The Hall–Kier alpha value is -1.82. The second-order valence-electron chi connectivity index (χ2n) is 3.63. The summed E-state index contributed by atoms with van der Waals surface area (Å²) in [4.78, 5) is 14.9. The van der Waals surface area contributed by atoms with Crippen molar-refractivity contribution in [2.75, 3.05) is 24.3 Å². The van der Waals surface area contributed by atoms with Gasteiger partial charge in [-0.1, -0.05) is 0 Å². The van der Waals surface area contributed by atoms with Crippen molar-refractivity contribution in [1.29, 1.82) is 0 Å². The van der Waals surface area contributed by atoms with Crippen molar-refractivity contribution < 1.29 is 14.6 Å². The van der Waals surface area contributed by atoms with E-state index < -0.39 is 5.97 Å². The second-order valence-corrected chi connectivity index (χ2v) is 3.63. The van der Waals surface area contributed by atoms with Crippen LogP contribution >= 0.6 is 0 Å². The Bertz CT molecular complexity index is 402. The van der Waals surface area contributed by atoms with Crippen LogP contribution in [0.3, 0.4) is 0 Å². The van der Waals surface area contributed by atoms with Crippen molar-refractivity contribution in [1.82, 2.24) is 4.98 Å². The van der Waals surface area contributed by atoms with Gasteiger partial charge in [-0.05, 0) is 12.5 Å². The van der Waals surface area contributed by atoms with Crippen molar-refractivity contribution in [3.8, 4) is 0 Å². The number of aromatic carboxylic acids is 1. The minimum Gasteiger partial charge on any atom is -0.478 e. The van der Waals surface area contributed by atoms with Crippen molar-refractivity contribution in [2.24, 2.45) is 0 Å². The number of ether oxygens (including phenoxy) is 1. The molecule has 0 saturated carbocycles. The molecule has 1 aliphatic heterocycles. The zero-order valence-corrected chi connectivity index (χ0v) is 8.64. The van der Waals surface area contributed by atoms with Gasteiger partial charge in [0, 0.05) is 12.8 Å². The number of hydrogen-bond acceptors (Lipinski definition) is 5. The Morgan fingerprint density at radius 2 is 2.50 bits per heavy atom. The molecule has 0 aromatic carbocycles. The number of nitrogens with one attached hydrogen (secondary N) is 1. The highest BCUT2D eigenvalue weighted by atomic mass is 16.5. The number of hydrogen-bond donors (Lipinski definition) is 3. The number of nitrogen functional groups attached to an aromatic ring is 1. The van der Waals surface area contributed by atoms with Crippen LogP contribution in [0.4, 0.5) is 11.5 Å². The number of nitrogens with two attached hydrogens (primary N) is 1. The molecule has 4 N–H and O–H groups in total. The molecular formula is C10H13N3O3. The van der Waals surface area contributed by atoms with Crippen molar-refractivity contribution in [3.05, 3.63) is 17.8 Å². The molecule has 6 nitrogen and oxygen atoms in total. The molecule has 86 valence electrons. The zero-order chi connectivity index (χ0) is 11.5. The monoisotopic (exact) mass is 223 g/mol. The van der Waals surface area contributed by atoms with Crippen LogP contribution in [0, 0.1) is 0 Å². The Balaban J connectivity index is 2.20. The van der Waals surface area contributed by atoms with E-state index in [1.807, 2.05) is 0 Å². The lowest BCUT2D eigenvalue weighted by molar-refractivity contribution is 0.0698. The predicted octanol–water partition coefficient (Wildman–Crippen LogP) is 0.563. The van der Waals surface area contributed by atoms with Gasteiger partial charge in [0.1, 0.15) is 5.82 Å². The Kier molecular flexibility index (Phi) is 2.91. The Labute approximate surface area is 92.4 Å². The topological polar surface area (TPSA) is 97.5 Å². The third kappa shape index (κ3) is 2.06. The van der Waals surface area contributed by atoms with Gasteiger partial charge in [0.15, 0.2) is 0 Å². The summed E-state index contributed by atoms with van der Waals surface area (Å²) in [5.74, 6) is -0.638. The van der Waals surface area contributed by atoms with Gasteiger partial charge in [-0.15, -0.1) is 0 Å². The number of carboxylic acid groups (broad SMARTS) is 1. The fraction of sp³-hybridized carbons (Fsp3) is 0.400. The number of anilines is 2. The highest BCUT2D eigenvalue weighted by Crippen LogP contribution is 2.22. The third-order valence-corrected chi connectivity index (χ3v) is 2.49. The van der Waals surface area contributed by atoms with Gasteiger partial charge in [0.25, 0.3) is 0 Å². The Morgan fingerprint density at radius 1 is 1.69 bits per heavy atom. The number of rotatable bonds is 3. The highest BCUT2D eigenvalue weighted by molar-refractivity contribution is 5.96. The lowest BCUT2D eigenvalue weighted by Crippen LogP contribution is -2.21. The Morgan fingerprint density at radius 3 is 3.12 bits per heavy atom. The maximum Gasteiger partial charge on any atom is 0.337 e. The fourth-order valence-electron chi connectivity index (χ4n) is 1.62. The molecule has 1 saturated heterocycles. The summed E-state index contributed by atoms with van der Waals surface area (Å²) < 4.78 is 5.20. The average molecular weight is 223 g/mol. The van der Waals surface area contributed by atoms with Crippen LogP contribution in [0.25, 0.3) is 0 Å². The molecule has 1 aromatic heterocycles. The molecule has 0 spiro atoms. The van der Waals surface area contributed by atoms with Crippen LogP contribution in [-0.4, -0.2) is 35.3 Å². The van der Waals surface area contributed by atoms with Crippen molar-refractivity contribution >= 4 is 17.5 Å². The molecule has 16 heavy (non-hydrogen) atoms. The molecule has 1 aliphatic rings. The lowest BCUT2D eigenvalue weighted by atomic mass is 10.2. The van der Waals surface area contributed by atoms with Crippen LogP contribution < -0.4 is 11.1 Å². The maximum absolute atomic E-state index is 10.9. The van der Waals surface area contributed by atoms with E-state index in [-0.39, 0.29) is 17.3 Å². The number of carbonyl (C=O) groups is 1. The molecule has 0 aliphatic carbocycles. The van der Waals surface area contributed by atoms with Crippen LogP contribution in [0.1, 0.15) is 16.8 Å². The standard InChI is InChI=1S/C10H13N3O3/c11-8-7(10(14)15)1-3-12-9(8)13-6-2-4-16-5-6/h1,3,6H,2,4-5,11H2,(H,12,13)(H,14,15). The number of pyridine rings is 1. The minimum atomic E-state index is -1.05. The van der Waals surface area contributed by atoms with Crippen molar-refractivity contribution in [3.63, 3.8) is 0 Å². The SMILES string of the molecule is Nc1c(C(=O)O)ccnc1NC1CCOC1. The molecule has 0 radical (unpaired) electrons. The first kappa shape index (κ1) is 10.7. The normalized spacial score (nSPS) is 19.6. The maximum atomic E-state index is 10.9. The summed E-state index contributed by atoms with van der Waals surface area (Å²) in [5.41, 5.74) is 5.95. The quantitative estimate of drug-likeness (QED) is 0.692. The molecule has 2 heterocycles. The van der Waals surface area contributed by atoms with Gasteiger partial charge < -0.3 is 20.9 Å². The molecule has 0 amide bonds. The van der Waals surface area contributed by atoms with Crippen LogP contribution in [0.5, 0.6) is 0 Å². The molecule has 0 bridgehead atoms. The molecule has 1 atom stereocenters. The van der Waals surface area contributed by atoms with Crippen LogP contribution in [0.2, 0.25) is 0 Å². The molecule has 1 unspecified atom stereocenters. The van der Waals surface area contributed by atoms with E-state index >= 15 is 0 Å². The number of carboxylic acids is 1.